The van der Waals surface area contributed by atoms with Crippen molar-refractivity contribution in [1.29, 1.82) is 0 Å². The number of urea groups is 1. The van der Waals surface area contributed by atoms with Gasteiger partial charge in [0.1, 0.15) is 6.61 Å². The molecule has 10 nitrogen and oxygen atoms in total. The topological polar surface area (TPSA) is 129 Å². The zero-order valence-corrected chi connectivity index (χ0v) is 18.5. The molecule has 0 bridgehead atoms. The zero-order valence-electron chi connectivity index (χ0n) is 18.5. The molecule has 0 fully saturated rings. The van der Waals surface area contributed by atoms with Crippen molar-refractivity contribution in [2.24, 2.45) is 0 Å². The van der Waals surface area contributed by atoms with Gasteiger partial charge in [0.25, 0.3) is 5.69 Å². The Morgan fingerprint density at radius 3 is 2.42 bits per heavy atom. The van der Waals surface area contributed by atoms with Crippen molar-refractivity contribution in [1.82, 2.24) is 10.6 Å². The quantitative estimate of drug-likeness (QED) is 0.335. The first-order valence-corrected chi connectivity index (χ1v) is 10.4. The van der Waals surface area contributed by atoms with Crippen LogP contribution in [0.25, 0.3) is 0 Å². The number of carbonyl (C=O) groups is 2. The highest BCUT2D eigenvalue weighted by atomic mass is 16.6. The second-order valence-corrected chi connectivity index (χ2v) is 7.11. The number of amides is 2. The van der Waals surface area contributed by atoms with E-state index in [1.165, 1.54) is 19.1 Å². The lowest BCUT2D eigenvalue weighted by molar-refractivity contribution is -0.385. The number of hydrogen-bond acceptors (Lipinski definition) is 7. The minimum absolute atomic E-state index is 0.0694. The van der Waals surface area contributed by atoms with Gasteiger partial charge in [-0.3, -0.25) is 10.1 Å². The van der Waals surface area contributed by atoms with E-state index >= 15 is 0 Å². The molecule has 2 N–H and O–H groups in total. The lowest BCUT2D eigenvalue weighted by atomic mass is 9.93. The maximum atomic E-state index is 12.6. The molecule has 1 heterocycles. The zero-order chi connectivity index (χ0) is 24.0. The molecule has 0 unspecified atom stereocenters. The van der Waals surface area contributed by atoms with Gasteiger partial charge in [-0.05, 0) is 32.4 Å². The van der Waals surface area contributed by atoms with Gasteiger partial charge in [0.05, 0.1) is 41.4 Å². The SMILES string of the molecule is CCOC(=O)C1=C(C)NC(=O)N[C@H]1c1cc(OCC)c(OCc2ccccc2)cc1[N+](=O)[O-]. The summed E-state index contributed by atoms with van der Waals surface area (Å²) in [6.45, 7) is 5.50. The molecule has 10 heteroatoms. The molecule has 2 aromatic rings. The Morgan fingerprint density at radius 2 is 1.79 bits per heavy atom. The smallest absolute Gasteiger partial charge is 0.338 e. The van der Waals surface area contributed by atoms with Gasteiger partial charge >= 0.3 is 12.0 Å². The monoisotopic (exact) mass is 455 g/mol. The second kappa shape index (κ2) is 10.5. The summed E-state index contributed by atoms with van der Waals surface area (Å²) in [5.41, 5.74) is 0.940. The molecule has 0 radical (unpaired) electrons. The molecule has 1 atom stereocenters. The standard InChI is InChI=1S/C23H25N3O7/c1-4-31-18-11-16(21-20(22(27)32-5-2)14(3)24-23(28)25-21)17(26(29)30)12-19(18)33-13-15-9-7-6-8-10-15/h6-12,21H,4-5,13H2,1-3H3,(H2,24,25,28)/t21-/m0/s1. The van der Waals surface area contributed by atoms with Crippen LogP contribution in [0.5, 0.6) is 11.5 Å². The predicted molar refractivity (Wildman–Crippen MR) is 119 cm³/mol. The van der Waals surface area contributed by atoms with Crippen LogP contribution in [0.1, 0.15) is 37.9 Å². The molecule has 1 aliphatic rings. The van der Waals surface area contributed by atoms with Crippen LogP contribution < -0.4 is 20.1 Å². The molecule has 2 amide bonds. The van der Waals surface area contributed by atoms with Crippen LogP contribution in [0.15, 0.2) is 53.7 Å². The average molecular weight is 455 g/mol. The molecule has 0 aliphatic carbocycles. The molecule has 0 saturated heterocycles. The third-order valence-corrected chi connectivity index (χ3v) is 4.90. The van der Waals surface area contributed by atoms with Crippen molar-refractivity contribution in [3.63, 3.8) is 0 Å². The molecule has 33 heavy (non-hydrogen) atoms. The highest BCUT2D eigenvalue weighted by molar-refractivity contribution is 5.95. The van der Waals surface area contributed by atoms with Crippen molar-refractivity contribution < 1.29 is 28.7 Å². The van der Waals surface area contributed by atoms with Crippen molar-refractivity contribution in [3.05, 3.63) is 75.0 Å². The lowest BCUT2D eigenvalue weighted by Crippen LogP contribution is -2.45. The number of benzene rings is 2. The molecule has 174 valence electrons. The number of allylic oxidation sites excluding steroid dienone is 1. The van der Waals surface area contributed by atoms with E-state index in [0.717, 1.165) is 5.56 Å². The van der Waals surface area contributed by atoms with Gasteiger partial charge in [-0.1, -0.05) is 30.3 Å². The third-order valence-electron chi connectivity index (χ3n) is 4.90. The fourth-order valence-electron chi connectivity index (χ4n) is 3.48. The van der Waals surface area contributed by atoms with Gasteiger partial charge in [0.15, 0.2) is 11.5 Å². The Bertz CT molecular complexity index is 1080. The van der Waals surface area contributed by atoms with E-state index in [1.54, 1.807) is 13.8 Å². The third kappa shape index (κ3) is 5.40. The van der Waals surface area contributed by atoms with E-state index in [-0.39, 0.29) is 53.8 Å². The first-order chi connectivity index (χ1) is 15.8. The largest absolute Gasteiger partial charge is 0.490 e. The predicted octanol–water partition coefficient (Wildman–Crippen LogP) is 3.76. The van der Waals surface area contributed by atoms with Gasteiger partial charge in [-0.25, -0.2) is 9.59 Å². The fourth-order valence-corrected chi connectivity index (χ4v) is 3.48. The van der Waals surface area contributed by atoms with Gasteiger partial charge in [0, 0.05) is 5.70 Å². The van der Waals surface area contributed by atoms with Crippen molar-refractivity contribution in [3.8, 4) is 11.5 Å². The van der Waals surface area contributed by atoms with E-state index in [4.69, 9.17) is 14.2 Å². The first kappa shape index (κ1) is 23.6. The van der Waals surface area contributed by atoms with Gasteiger partial charge in [-0.15, -0.1) is 0 Å². The van der Waals surface area contributed by atoms with Crippen molar-refractivity contribution >= 4 is 17.7 Å². The van der Waals surface area contributed by atoms with Crippen molar-refractivity contribution in [2.75, 3.05) is 13.2 Å². The Kier molecular flexibility index (Phi) is 7.50. The van der Waals surface area contributed by atoms with Crippen LogP contribution >= 0.6 is 0 Å². The van der Waals surface area contributed by atoms with E-state index in [1.807, 2.05) is 30.3 Å². The summed E-state index contributed by atoms with van der Waals surface area (Å²) < 4.78 is 16.6. The molecule has 1 aliphatic heterocycles. The molecular weight excluding hydrogens is 430 g/mol. The molecule has 0 aromatic heterocycles. The molecule has 2 aromatic carbocycles. The summed E-state index contributed by atoms with van der Waals surface area (Å²) in [5, 5.41) is 17.1. The van der Waals surface area contributed by atoms with Crippen LogP contribution in [-0.2, 0) is 16.1 Å². The van der Waals surface area contributed by atoms with Crippen LogP contribution in [0.2, 0.25) is 0 Å². The van der Waals surface area contributed by atoms with Crippen LogP contribution in [-0.4, -0.2) is 30.1 Å². The lowest BCUT2D eigenvalue weighted by Gasteiger charge is -2.28. The highest BCUT2D eigenvalue weighted by Crippen LogP contribution is 2.41. The average Bonchev–Trinajstić information content (AvgIpc) is 2.78. The number of esters is 1. The van der Waals surface area contributed by atoms with Gasteiger partial charge < -0.3 is 24.8 Å². The minimum Gasteiger partial charge on any atom is -0.490 e. The number of rotatable bonds is 9. The van der Waals surface area contributed by atoms with Gasteiger partial charge in [0.2, 0.25) is 0 Å². The van der Waals surface area contributed by atoms with E-state index in [0.29, 0.717) is 0 Å². The molecular formula is C23H25N3O7. The van der Waals surface area contributed by atoms with Crippen LogP contribution in [0.3, 0.4) is 0 Å². The molecule has 3 rings (SSSR count). The van der Waals surface area contributed by atoms with Crippen LogP contribution in [0, 0.1) is 10.1 Å². The number of ether oxygens (including phenoxy) is 3. The van der Waals surface area contributed by atoms with Gasteiger partial charge in [-0.2, -0.15) is 0 Å². The molecule has 0 spiro atoms. The Morgan fingerprint density at radius 1 is 1.09 bits per heavy atom. The fraction of sp³-hybridized carbons (Fsp3) is 0.304. The maximum absolute atomic E-state index is 12.6. The highest BCUT2D eigenvalue weighted by Gasteiger charge is 2.37. The second-order valence-electron chi connectivity index (χ2n) is 7.11. The summed E-state index contributed by atoms with van der Waals surface area (Å²) in [6.07, 6.45) is 0. The number of carbonyl (C=O) groups excluding carboxylic acids is 2. The number of hydrogen-bond donors (Lipinski definition) is 2. The Balaban J connectivity index is 2.09. The summed E-state index contributed by atoms with van der Waals surface area (Å²) >= 11 is 0. The Hall–Kier alpha value is -4.08. The molecule has 0 saturated carbocycles. The van der Waals surface area contributed by atoms with E-state index in [9.17, 15) is 19.7 Å². The summed E-state index contributed by atoms with van der Waals surface area (Å²) in [7, 11) is 0. The summed E-state index contributed by atoms with van der Waals surface area (Å²) in [4.78, 5) is 36.2. The van der Waals surface area contributed by atoms with E-state index < -0.39 is 23.0 Å². The Labute approximate surface area is 190 Å². The number of nitro benzene ring substituents is 1. The van der Waals surface area contributed by atoms with Crippen LogP contribution in [0.4, 0.5) is 10.5 Å². The summed E-state index contributed by atoms with van der Waals surface area (Å²) in [5.74, 6) is -0.262. The van der Waals surface area contributed by atoms with E-state index in [2.05, 4.69) is 10.6 Å². The number of nitrogens with one attached hydrogen (secondary N) is 2. The normalized spacial score (nSPS) is 15.4. The summed E-state index contributed by atoms with van der Waals surface area (Å²) in [6, 6.07) is 10.3. The minimum atomic E-state index is -1.11. The number of nitrogens with zero attached hydrogens (tertiary/aromatic N) is 1. The van der Waals surface area contributed by atoms with Crippen molar-refractivity contribution in [2.45, 2.75) is 33.4 Å². The maximum Gasteiger partial charge on any atom is 0.338 e. The number of nitro groups is 1. The first-order valence-electron chi connectivity index (χ1n) is 10.4.